The molecule has 0 spiro atoms. The minimum absolute atomic E-state index is 0.178. The maximum atomic E-state index is 11.5. The van der Waals surface area contributed by atoms with Gasteiger partial charge in [0.05, 0.1) is 0 Å². The third-order valence-corrected chi connectivity index (χ3v) is 5.29. The van der Waals surface area contributed by atoms with Crippen molar-refractivity contribution in [1.82, 2.24) is 4.90 Å². The first-order valence-corrected chi connectivity index (χ1v) is 8.71. The second kappa shape index (κ2) is 8.02. The molecule has 3 atom stereocenters. The summed E-state index contributed by atoms with van der Waals surface area (Å²) >= 11 is 0. The lowest BCUT2D eigenvalue weighted by atomic mass is 9.94. The summed E-state index contributed by atoms with van der Waals surface area (Å²) in [5, 5.41) is 9.49. The van der Waals surface area contributed by atoms with Gasteiger partial charge in [-0.15, -0.1) is 0 Å². The van der Waals surface area contributed by atoms with Crippen LogP contribution in [0.25, 0.3) is 0 Å². The summed E-state index contributed by atoms with van der Waals surface area (Å²) in [7, 11) is 0. The van der Waals surface area contributed by atoms with Crippen LogP contribution in [0.3, 0.4) is 0 Å². The zero-order valence-corrected chi connectivity index (χ0v) is 13.0. The van der Waals surface area contributed by atoms with Crippen molar-refractivity contribution in [1.29, 1.82) is 0 Å². The van der Waals surface area contributed by atoms with Crippen LogP contribution < -0.4 is 0 Å². The molecule has 3 heteroatoms. The summed E-state index contributed by atoms with van der Waals surface area (Å²) in [5.41, 5.74) is 0. The van der Waals surface area contributed by atoms with Crippen molar-refractivity contribution in [3.05, 3.63) is 0 Å². The molecule has 0 aromatic heterocycles. The van der Waals surface area contributed by atoms with Crippen LogP contribution >= 0.6 is 0 Å². The smallest absolute Gasteiger partial charge is 0.321 e. The molecule has 20 heavy (non-hydrogen) atoms. The fraction of sp³-hybridized carbons (Fsp3) is 0.941. The van der Waals surface area contributed by atoms with Crippen LogP contribution in [0.4, 0.5) is 0 Å². The summed E-state index contributed by atoms with van der Waals surface area (Å²) in [5.74, 6) is 0.528. The molecule has 2 fully saturated rings. The predicted molar refractivity (Wildman–Crippen MR) is 81.8 cm³/mol. The van der Waals surface area contributed by atoms with Crippen LogP contribution in [0.2, 0.25) is 0 Å². The first-order chi connectivity index (χ1) is 9.74. The number of carboxylic acids is 1. The van der Waals surface area contributed by atoms with Crippen LogP contribution in [-0.2, 0) is 4.79 Å². The molecule has 1 heterocycles. The molecule has 3 unspecified atom stereocenters. The van der Waals surface area contributed by atoms with Crippen LogP contribution in [0.1, 0.15) is 71.1 Å². The number of carboxylic acid groups (broad SMARTS) is 1. The van der Waals surface area contributed by atoms with E-state index in [0.717, 1.165) is 19.5 Å². The van der Waals surface area contributed by atoms with Gasteiger partial charge in [-0.2, -0.15) is 0 Å². The fourth-order valence-corrected chi connectivity index (χ4v) is 4.24. The summed E-state index contributed by atoms with van der Waals surface area (Å²) in [6.45, 7) is 4.28. The fourth-order valence-electron chi connectivity index (χ4n) is 4.24. The van der Waals surface area contributed by atoms with Crippen molar-refractivity contribution in [3.63, 3.8) is 0 Å². The van der Waals surface area contributed by atoms with Gasteiger partial charge in [-0.05, 0) is 37.6 Å². The molecule has 0 aromatic carbocycles. The van der Waals surface area contributed by atoms with E-state index in [0.29, 0.717) is 11.8 Å². The third-order valence-electron chi connectivity index (χ3n) is 5.29. The van der Waals surface area contributed by atoms with Crippen molar-refractivity contribution >= 4 is 5.97 Å². The highest BCUT2D eigenvalue weighted by atomic mass is 16.4. The average Bonchev–Trinajstić information content (AvgIpc) is 2.97. The predicted octanol–water partition coefficient (Wildman–Crippen LogP) is 3.92. The molecule has 1 N–H and O–H groups in total. The van der Waals surface area contributed by atoms with Gasteiger partial charge in [-0.25, -0.2) is 0 Å². The summed E-state index contributed by atoms with van der Waals surface area (Å²) < 4.78 is 0. The number of hydrogen-bond acceptors (Lipinski definition) is 2. The van der Waals surface area contributed by atoms with E-state index in [9.17, 15) is 9.90 Å². The highest BCUT2D eigenvalue weighted by molar-refractivity contribution is 5.74. The van der Waals surface area contributed by atoms with Crippen LogP contribution in [0.5, 0.6) is 0 Å². The number of hydrogen-bond donors (Lipinski definition) is 1. The molecular weight excluding hydrogens is 250 g/mol. The zero-order chi connectivity index (χ0) is 14.4. The Kier molecular flexibility index (Phi) is 6.34. The van der Waals surface area contributed by atoms with Gasteiger partial charge in [0.25, 0.3) is 0 Å². The Morgan fingerprint density at radius 1 is 1.10 bits per heavy atom. The molecule has 116 valence electrons. The van der Waals surface area contributed by atoms with Crippen LogP contribution in [0.15, 0.2) is 0 Å². The van der Waals surface area contributed by atoms with Crippen LogP contribution in [-0.4, -0.2) is 35.1 Å². The minimum atomic E-state index is -0.581. The van der Waals surface area contributed by atoms with E-state index in [-0.39, 0.29) is 6.04 Å². The standard InChI is InChI=1S/C17H31NO2/c1-2-3-4-5-6-7-8-12-18-13-14-10-9-11-15(14)16(18)17(19)20/h14-16H,2-13H2,1H3,(H,19,20). The van der Waals surface area contributed by atoms with Gasteiger partial charge in [0.2, 0.25) is 0 Å². The number of likely N-dealkylation sites (tertiary alicyclic amines) is 1. The van der Waals surface area contributed by atoms with E-state index in [1.165, 1.54) is 57.8 Å². The average molecular weight is 281 g/mol. The van der Waals surface area contributed by atoms with Crippen molar-refractivity contribution in [2.24, 2.45) is 11.8 Å². The Hall–Kier alpha value is -0.570. The lowest BCUT2D eigenvalue weighted by Gasteiger charge is -2.24. The van der Waals surface area contributed by atoms with E-state index < -0.39 is 5.97 Å². The van der Waals surface area contributed by atoms with Crippen molar-refractivity contribution in [2.45, 2.75) is 77.2 Å². The van der Waals surface area contributed by atoms with Crippen molar-refractivity contribution in [3.8, 4) is 0 Å². The third kappa shape index (κ3) is 3.97. The van der Waals surface area contributed by atoms with Gasteiger partial charge in [0, 0.05) is 6.54 Å². The lowest BCUT2D eigenvalue weighted by molar-refractivity contribution is -0.143. The molecule has 1 saturated heterocycles. The molecule has 1 saturated carbocycles. The highest BCUT2D eigenvalue weighted by Gasteiger charge is 2.47. The quantitative estimate of drug-likeness (QED) is 0.651. The molecule has 2 aliphatic rings. The molecule has 0 bridgehead atoms. The molecule has 1 aliphatic heterocycles. The van der Waals surface area contributed by atoms with Crippen LogP contribution in [0, 0.1) is 11.8 Å². The minimum Gasteiger partial charge on any atom is -0.480 e. The maximum Gasteiger partial charge on any atom is 0.321 e. The van der Waals surface area contributed by atoms with Gasteiger partial charge in [0.15, 0.2) is 0 Å². The molecule has 1 aliphatic carbocycles. The Morgan fingerprint density at radius 2 is 1.80 bits per heavy atom. The summed E-state index contributed by atoms with van der Waals surface area (Å²) in [4.78, 5) is 13.8. The SMILES string of the molecule is CCCCCCCCCN1CC2CCCC2C1C(=O)O. The molecule has 0 aromatic rings. The number of rotatable bonds is 9. The summed E-state index contributed by atoms with van der Waals surface area (Å²) in [6.07, 6.45) is 12.8. The normalized spacial score (nSPS) is 29.8. The Labute approximate surface area is 123 Å². The van der Waals surface area contributed by atoms with Gasteiger partial charge in [0.1, 0.15) is 6.04 Å². The first-order valence-electron chi connectivity index (χ1n) is 8.71. The Balaban J connectivity index is 1.66. The Bertz CT molecular complexity index is 305. The van der Waals surface area contributed by atoms with Gasteiger partial charge in [-0.1, -0.05) is 51.9 Å². The number of aliphatic carboxylic acids is 1. The molecule has 3 nitrogen and oxygen atoms in total. The van der Waals surface area contributed by atoms with E-state index in [1.54, 1.807) is 0 Å². The number of carbonyl (C=O) groups is 1. The monoisotopic (exact) mass is 281 g/mol. The van der Waals surface area contributed by atoms with Crippen molar-refractivity contribution in [2.75, 3.05) is 13.1 Å². The van der Waals surface area contributed by atoms with Gasteiger partial charge < -0.3 is 5.11 Å². The second-order valence-electron chi connectivity index (χ2n) is 6.75. The maximum absolute atomic E-state index is 11.5. The lowest BCUT2D eigenvalue weighted by Crippen LogP contribution is -2.40. The first kappa shape index (κ1) is 15.8. The second-order valence-corrected chi connectivity index (χ2v) is 6.75. The molecule has 2 rings (SSSR count). The summed E-state index contributed by atoms with van der Waals surface area (Å²) in [6, 6.07) is -0.178. The number of unbranched alkanes of at least 4 members (excludes halogenated alkanes) is 6. The Morgan fingerprint density at radius 3 is 2.50 bits per heavy atom. The van der Waals surface area contributed by atoms with E-state index in [4.69, 9.17) is 0 Å². The highest BCUT2D eigenvalue weighted by Crippen LogP contribution is 2.42. The van der Waals surface area contributed by atoms with Gasteiger partial charge in [-0.3, -0.25) is 9.69 Å². The number of nitrogens with zero attached hydrogens (tertiary/aromatic N) is 1. The van der Waals surface area contributed by atoms with E-state index in [1.807, 2.05) is 0 Å². The van der Waals surface area contributed by atoms with Crippen molar-refractivity contribution < 1.29 is 9.90 Å². The number of fused-ring (bicyclic) bond motifs is 1. The molecule has 0 amide bonds. The molecule has 0 radical (unpaired) electrons. The largest absolute Gasteiger partial charge is 0.480 e. The topological polar surface area (TPSA) is 40.5 Å². The zero-order valence-electron chi connectivity index (χ0n) is 13.0. The van der Waals surface area contributed by atoms with Gasteiger partial charge >= 0.3 is 5.97 Å². The van der Waals surface area contributed by atoms with E-state index in [2.05, 4.69) is 11.8 Å². The molecular formula is C17H31NO2. The van der Waals surface area contributed by atoms with E-state index >= 15 is 0 Å².